The van der Waals surface area contributed by atoms with Crippen molar-refractivity contribution in [3.8, 4) is 0 Å². The van der Waals surface area contributed by atoms with Gasteiger partial charge in [-0.2, -0.15) is 0 Å². The number of aromatic nitrogens is 1. The Morgan fingerprint density at radius 2 is 2.00 bits per heavy atom. The third-order valence-corrected chi connectivity index (χ3v) is 3.60. The van der Waals surface area contributed by atoms with Crippen LogP contribution in [0.2, 0.25) is 0 Å². The molecule has 18 heavy (non-hydrogen) atoms. The zero-order valence-corrected chi connectivity index (χ0v) is 12.8. The fourth-order valence-electron chi connectivity index (χ4n) is 1.74. The lowest BCUT2D eigenvalue weighted by Gasteiger charge is -2.15. The molecule has 94 valence electrons. The van der Waals surface area contributed by atoms with E-state index in [1.165, 1.54) is 5.56 Å². The summed E-state index contributed by atoms with van der Waals surface area (Å²) in [6.07, 6.45) is 2.57. The van der Waals surface area contributed by atoms with E-state index in [4.69, 9.17) is 5.84 Å². The molecular formula is C13H13Br2N3. The van der Waals surface area contributed by atoms with Crippen molar-refractivity contribution in [3.63, 3.8) is 0 Å². The first kappa shape index (κ1) is 13.7. The Morgan fingerprint density at radius 3 is 2.61 bits per heavy atom. The largest absolute Gasteiger partial charge is 0.271 e. The van der Waals surface area contributed by atoms with Gasteiger partial charge >= 0.3 is 0 Å². The van der Waals surface area contributed by atoms with Crippen LogP contribution in [0.15, 0.2) is 51.5 Å². The van der Waals surface area contributed by atoms with Crippen molar-refractivity contribution >= 4 is 31.9 Å². The molecule has 3 nitrogen and oxygen atoms in total. The Bertz CT molecular complexity index is 514. The molecule has 0 fully saturated rings. The number of rotatable bonds is 4. The van der Waals surface area contributed by atoms with E-state index in [0.717, 1.165) is 21.1 Å². The van der Waals surface area contributed by atoms with E-state index in [1.807, 2.05) is 24.3 Å². The molecule has 0 saturated heterocycles. The Morgan fingerprint density at radius 1 is 1.17 bits per heavy atom. The number of nitrogens with one attached hydrogen (secondary N) is 1. The van der Waals surface area contributed by atoms with Crippen molar-refractivity contribution in [2.24, 2.45) is 5.84 Å². The molecule has 1 atom stereocenters. The average molecular weight is 371 g/mol. The van der Waals surface area contributed by atoms with Crippen LogP contribution in [-0.2, 0) is 6.42 Å². The highest BCUT2D eigenvalue weighted by Gasteiger charge is 2.11. The van der Waals surface area contributed by atoms with Gasteiger partial charge in [-0.3, -0.25) is 16.3 Å². The standard InChI is InChI=1S/C13H13Br2N3/c14-10-3-1-2-9(6-10)7-13(18-16)12-5-4-11(15)8-17-12/h1-6,8,13,18H,7,16H2. The molecule has 0 spiro atoms. The molecule has 0 radical (unpaired) electrons. The predicted octanol–water partition coefficient (Wildman–Crippen LogP) is 3.35. The van der Waals surface area contributed by atoms with E-state index in [2.05, 4.69) is 54.4 Å². The zero-order chi connectivity index (χ0) is 13.0. The number of hydrazine groups is 1. The topological polar surface area (TPSA) is 50.9 Å². The SMILES string of the molecule is NNC(Cc1cccc(Br)c1)c1ccc(Br)cn1. The summed E-state index contributed by atoms with van der Waals surface area (Å²) in [5.74, 6) is 5.62. The van der Waals surface area contributed by atoms with Gasteiger partial charge in [0.05, 0.1) is 11.7 Å². The molecule has 0 amide bonds. The van der Waals surface area contributed by atoms with Crippen molar-refractivity contribution < 1.29 is 0 Å². The first-order chi connectivity index (χ1) is 8.69. The number of halogens is 2. The van der Waals surface area contributed by atoms with E-state index >= 15 is 0 Å². The van der Waals surface area contributed by atoms with Gasteiger partial charge in [0.2, 0.25) is 0 Å². The molecule has 2 rings (SSSR count). The maximum Gasteiger partial charge on any atom is 0.0672 e. The van der Waals surface area contributed by atoms with Crippen LogP contribution in [0.5, 0.6) is 0 Å². The minimum Gasteiger partial charge on any atom is -0.271 e. The maximum atomic E-state index is 5.62. The average Bonchev–Trinajstić information content (AvgIpc) is 2.37. The third kappa shape index (κ3) is 3.62. The van der Waals surface area contributed by atoms with Crippen molar-refractivity contribution in [3.05, 3.63) is 62.8 Å². The van der Waals surface area contributed by atoms with Crippen molar-refractivity contribution in [2.45, 2.75) is 12.5 Å². The lowest BCUT2D eigenvalue weighted by atomic mass is 10.0. The fourth-order valence-corrected chi connectivity index (χ4v) is 2.42. The minimum absolute atomic E-state index is 0.00685. The van der Waals surface area contributed by atoms with Crippen LogP contribution >= 0.6 is 31.9 Å². The molecule has 1 aromatic heterocycles. The number of benzene rings is 1. The summed E-state index contributed by atoms with van der Waals surface area (Å²) in [7, 11) is 0. The smallest absolute Gasteiger partial charge is 0.0672 e. The summed E-state index contributed by atoms with van der Waals surface area (Å²) in [5.41, 5.74) is 4.95. The summed E-state index contributed by atoms with van der Waals surface area (Å²) in [6.45, 7) is 0. The Balaban J connectivity index is 2.17. The highest BCUT2D eigenvalue weighted by atomic mass is 79.9. The molecule has 1 heterocycles. The van der Waals surface area contributed by atoms with Gasteiger partial charge in [0.25, 0.3) is 0 Å². The van der Waals surface area contributed by atoms with Crippen molar-refractivity contribution in [2.75, 3.05) is 0 Å². The van der Waals surface area contributed by atoms with Crippen LogP contribution in [0.1, 0.15) is 17.3 Å². The van der Waals surface area contributed by atoms with Gasteiger partial charge in [-0.15, -0.1) is 0 Å². The number of nitrogens with zero attached hydrogens (tertiary/aromatic N) is 1. The minimum atomic E-state index is 0.00685. The van der Waals surface area contributed by atoms with Gasteiger partial charge < -0.3 is 0 Å². The zero-order valence-electron chi connectivity index (χ0n) is 9.61. The van der Waals surface area contributed by atoms with Crippen LogP contribution in [0.4, 0.5) is 0 Å². The molecule has 2 aromatic rings. The van der Waals surface area contributed by atoms with Gasteiger partial charge in [-0.25, -0.2) is 0 Å². The van der Waals surface area contributed by atoms with E-state index in [1.54, 1.807) is 6.20 Å². The molecule has 5 heteroatoms. The molecule has 1 unspecified atom stereocenters. The highest BCUT2D eigenvalue weighted by Crippen LogP contribution is 2.20. The van der Waals surface area contributed by atoms with E-state index in [-0.39, 0.29) is 6.04 Å². The molecule has 3 N–H and O–H groups in total. The quantitative estimate of drug-likeness (QED) is 0.640. The Kier molecular flexibility index (Phi) is 4.88. The van der Waals surface area contributed by atoms with E-state index in [0.29, 0.717) is 0 Å². The van der Waals surface area contributed by atoms with Gasteiger partial charge in [0.1, 0.15) is 0 Å². The van der Waals surface area contributed by atoms with E-state index in [9.17, 15) is 0 Å². The summed E-state index contributed by atoms with van der Waals surface area (Å²) in [4.78, 5) is 4.37. The lowest BCUT2D eigenvalue weighted by Crippen LogP contribution is -2.30. The number of nitrogens with two attached hydrogens (primary N) is 1. The van der Waals surface area contributed by atoms with Crippen molar-refractivity contribution in [1.29, 1.82) is 0 Å². The van der Waals surface area contributed by atoms with Crippen LogP contribution in [-0.4, -0.2) is 4.98 Å². The van der Waals surface area contributed by atoms with Crippen LogP contribution in [0.25, 0.3) is 0 Å². The molecule has 0 aliphatic heterocycles. The number of hydrogen-bond acceptors (Lipinski definition) is 3. The first-order valence-corrected chi connectivity index (χ1v) is 7.09. The predicted molar refractivity (Wildman–Crippen MR) is 79.8 cm³/mol. The lowest BCUT2D eigenvalue weighted by molar-refractivity contribution is 0.538. The fraction of sp³-hybridized carbons (Fsp3) is 0.154. The first-order valence-electron chi connectivity index (χ1n) is 5.51. The Labute approximate surface area is 123 Å². The van der Waals surface area contributed by atoms with Crippen LogP contribution in [0, 0.1) is 0 Å². The molecule has 0 saturated carbocycles. The summed E-state index contributed by atoms with van der Waals surface area (Å²) >= 11 is 6.84. The molecule has 0 bridgehead atoms. The number of pyridine rings is 1. The van der Waals surface area contributed by atoms with Gasteiger partial charge in [0, 0.05) is 15.1 Å². The normalized spacial score (nSPS) is 12.4. The van der Waals surface area contributed by atoms with Gasteiger partial charge in [-0.05, 0) is 52.2 Å². The Hall–Kier alpha value is -0.750. The number of hydrogen-bond donors (Lipinski definition) is 2. The van der Waals surface area contributed by atoms with Gasteiger partial charge in [-0.1, -0.05) is 28.1 Å². The second-order valence-corrected chi connectivity index (χ2v) is 5.79. The summed E-state index contributed by atoms with van der Waals surface area (Å²) < 4.78 is 2.03. The third-order valence-electron chi connectivity index (χ3n) is 2.64. The van der Waals surface area contributed by atoms with Gasteiger partial charge in [0.15, 0.2) is 0 Å². The molecule has 0 aliphatic carbocycles. The van der Waals surface area contributed by atoms with Crippen LogP contribution < -0.4 is 11.3 Å². The monoisotopic (exact) mass is 369 g/mol. The summed E-state index contributed by atoms with van der Waals surface area (Å²) in [5, 5.41) is 0. The maximum absolute atomic E-state index is 5.62. The van der Waals surface area contributed by atoms with E-state index < -0.39 is 0 Å². The molecule has 1 aromatic carbocycles. The van der Waals surface area contributed by atoms with Crippen molar-refractivity contribution in [1.82, 2.24) is 10.4 Å². The molecular weight excluding hydrogens is 358 g/mol. The summed E-state index contributed by atoms with van der Waals surface area (Å²) in [6, 6.07) is 12.1. The second-order valence-electron chi connectivity index (χ2n) is 3.95. The highest BCUT2D eigenvalue weighted by molar-refractivity contribution is 9.10. The van der Waals surface area contributed by atoms with Crippen LogP contribution in [0.3, 0.4) is 0 Å². The second kappa shape index (κ2) is 6.43. The molecule has 0 aliphatic rings.